The van der Waals surface area contributed by atoms with Gasteiger partial charge < -0.3 is 10.0 Å². The van der Waals surface area contributed by atoms with E-state index in [9.17, 15) is 5.11 Å². The largest absolute Gasteiger partial charge is 0.393 e. The predicted molar refractivity (Wildman–Crippen MR) is 60.4 cm³/mol. The molecule has 2 nitrogen and oxygen atoms in total. The third-order valence-corrected chi connectivity index (χ3v) is 3.31. The van der Waals surface area contributed by atoms with Crippen molar-refractivity contribution < 1.29 is 5.11 Å². The molecule has 2 unspecified atom stereocenters. The molecule has 2 heteroatoms. The van der Waals surface area contributed by atoms with Gasteiger partial charge >= 0.3 is 0 Å². The molecule has 1 rings (SSSR count). The fraction of sp³-hybridized carbons (Fsp3) is 1.00. The Labute approximate surface area is 88.3 Å². The Hall–Kier alpha value is -0.0800. The molecular formula is C12H25NO. The zero-order valence-corrected chi connectivity index (χ0v) is 9.71. The zero-order valence-electron chi connectivity index (χ0n) is 9.71. The summed E-state index contributed by atoms with van der Waals surface area (Å²) in [7, 11) is 2.18. The molecule has 84 valence electrons. The number of aliphatic hydroxyl groups excluding tert-OH is 1. The van der Waals surface area contributed by atoms with Crippen LogP contribution in [0.25, 0.3) is 0 Å². The standard InChI is InChI=1S/C12H25NO/c1-3-4-9-13(2)10-11-7-5-6-8-12(11)14/h11-12,14H,3-10H2,1-2H3. The van der Waals surface area contributed by atoms with Gasteiger partial charge in [-0.1, -0.05) is 26.2 Å². The lowest BCUT2D eigenvalue weighted by molar-refractivity contribution is 0.0513. The Morgan fingerprint density at radius 2 is 2.00 bits per heavy atom. The highest BCUT2D eigenvalue weighted by Crippen LogP contribution is 2.24. The minimum Gasteiger partial charge on any atom is -0.393 e. The molecule has 1 N–H and O–H groups in total. The van der Waals surface area contributed by atoms with E-state index >= 15 is 0 Å². The summed E-state index contributed by atoms with van der Waals surface area (Å²) in [6, 6.07) is 0. The number of hydrogen-bond donors (Lipinski definition) is 1. The molecule has 0 aliphatic heterocycles. The van der Waals surface area contributed by atoms with Gasteiger partial charge in [0.25, 0.3) is 0 Å². The van der Waals surface area contributed by atoms with Crippen molar-refractivity contribution in [1.82, 2.24) is 4.90 Å². The molecule has 0 heterocycles. The van der Waals surface area contributed by atoms with Crippen molar-refractivity contribution in [3.8, 4) is 0 Å². The van der Waals surface area contributed by atoms with Gasteiger partial charge in [0.15, 0.2) is 0 Å². The number of unbranched alkanes of at least 4 members (excludes halogenated alkanes) is 1. The van der Waals surface area contributed by atoms with Crippen LogP contribution in [0.5, 0.6) is 0 Å². The quantitative estimate of drug-likeness (QED) is 0.734. The van der Waals surface area contributed by atoms with E-state index in [2.05, 4.69) is 18.9 Å². The summed E-state index contributed by atoms with van der Waals surface area (Å²) in [6.45, 7) is 4.49. The van der Waals surface area contributed by atoms with Crippen LogP contribution in [0.4, 0.5) is 0 Å². The van der Waals surface area contributed by atoms with Crippen molar-refractivity contribution in [3.05, 3.63) is 0 Å². The second-order valence-electron chi connectivity index (χ2n) is 4.73. The van der Waals surface area contributed by atoms with Gasteiger partial charge in [-0.05, 0) is 38.8 Å². The van der Waals surface area contributed by atoms with E-state index in [-0.39, 0.29) is 6.10 Å². The molecule has 1 saturated carbocycles. The average molecular weight is 199 g/mol. The molecule has 0 saturated heterocycles. The van der Waals surface area contributed by atoms with Gasteiger partial charge in [-0.2, -0.15) is 0 Å². The first-order valence-electron chi connectivity index (χ1n) is 6.10. The Kier molecular flexibility index (Phi) is 5.49. The minimum atomic E-state index is -0.0344. The summed E-state index contributed by atoms with van der Waals surface area (Å²) >= 11 is 0. The van der Waals surface area contributed by atoms with E-state index in [0.29, 0.717) is 5.92 Å². The van der Waals surface area contributed by atoms with Crippen molar-refractivity contribution in [3.63, 3.8) is 0 Å². The Bertz CT molecular complexity index is 149. The summed E-state index contributed by atoms with van der Waals surface area (Å²) in [5, 5.41) is 9.82. The Morgan fingerprint density at radius 3 is 2.64 bits per heavy atom. The van der Waals surface area contributed by atoms with Crippen LogP contribution in [0, 0.1) is 5.92 Å². The van der Waals surface area contributed by atoms with Crippen molar-refractivity contribution >= 4 is 0 Å². The maximum Gasteiger partial charge on any atom is 0.0580 e. The minimum absolute atomic E-state index is 0.0344. The Balaban J connectivity index is 2.20. The van der Waals surface area contributed by atoms with Crippen LogP contribution < -0.4 is 0 Å². The van der Waals surface area contributed by atoms with E-state index in [1.54, 1.807) is 0 Å². The zero-order chi connectivity index (χ0) is 10.4. The van der Waals surface area contributed by atoms with E-state index < -0.39 is 0 Å². The van der Waals surface area contributed by atoms with Crippen molar-refractivity contribution in [2.75, 3.05) is 20.1 Å². The van der Waals surface area contributed by atoms with Crippen LogP contribution in [0.3, 0.4) is 0 Å². The number of nitrogens with zero attached hydrogens (tertiary/aromatic N) is 1. The van der Waals surface area contributed by atoms with Gasteiger partial charge in [0, 0.05) is 6.54 Å². The van der Waals surface area contributed by atoms with Gasteiger partial charge in [0.05, 0.1) is 6.10 Å². The molecule has 0 radical (unpaired) electrons. The summed E-state index contributed by atoms with van der Waals surface area (Å²) in [4.78, 5) is 2.38. The van der Waals surface area contributed by atoms with Crippen LogP contribution in [-0.2, 0) is 0 Å². The molecule has 1 aliphatic rings. The summed E-state index contributed by atoms with van der Waals surface area (Å²) in [5.74, 6) is 0.533. The summed E-state index contributed by atoms with van der Waals surface area (Å²) < 4.78 is 0. The third-order valence-electron chi connectivity index (χ3n) is 3.31. The third kappa shape index (κ3) is 3.97. The molecule has 0 aromatic heterocycles. The van der Waals surface area contributed by atoms with Crippen molar-refractivity contribution in [2.45, 2.75) is 51.6 Å². The highest BCUT2D eigenvalue weighted by Gasteiger charge is 2.23. The summed E-state index contributed by atoms with van der Waals surface area (Å²) in [5.41, 5.74) is 0. The predicted octanol–water partition coefficient (Wildman–Crippen LogP) is 2.27. The highest BCUT2D eigenvalue weighted by molar-refractivity contribution is 4.76. The van der Waals surface area contributed by atoms with E-state index in [1.165, 1.54) is 38.6 Å². The topological polar surface area (TPSA) is 23.5 Å². The van der Waals surface area contributed by atoms with Gasteiger partial charge in [0.2, 0.25) is 0 Å². The Morgan fingerprint density at radius 1 is 1.29 bits per heavy atom. The highest BCUT2D eigenvalue weighted by atomic mass is 16.3. The van der Waals surface area contributed by atoms with Crippen LogP contribution in [0.1, 0.15) is 45.4 Å². The van der Waals surface area contributed by atoms with Gasteiger partial charge in [-0.3, -0.25) is 0 Å². The van der Waals surface area contributed by atoms with Crippen LogP contribution in [0.2, 0.25) is 0 Å². The lowest BCUT2D eigenvalue weighted by atomic mass is 9.86. The molecule has 0 amide bonds. The molecule has 2 atom stereocenters. The first-order valence-corrected chi connectivity index (χ1v) is 6.10. The lowest BCUT2D eigenvalue weighted by Gasteiger charge is -2.31. The van der Waals surface area contributed by atoms with Gasteiger partial charge in [0.1, 0.15) is 0 Å². The molecule has 1 fully saturated rings. The van der Waals surface area contributed by atoms with E-state index in [1.807, 2.05) is 0 Å². The fourth-order valence-corrected chi connectivity index (χ4v) is 2.32. The molecule has 1 aliphatic carbocycles. The van der Waals surface area contributed by atoms with Gasteiger partial charge in [-0.15, -0.1) is 0 Å². The lowest BCUT2D eigenvalue weighted by Crippen LogP contribution is -2.35. The monoisotopic (exact) mass is 199 g/mol. The second-order valence-corrected chi connectivity index (χ2v) is 4.73. The maximum atomic E-state index is 9.82. The van der Waals surface area contributed by atoms with Crippen LogP contribution in [-0.4, -0.2) is 36.2 Å². The first-order chi connectivity index (χ1) is 6.74. The van der Waals surface area contributed by atoms with E-state index in [4.69, 9.17) is 0 Å². The second kappa shape index (κ2) is 6.41. The SMILES string of the molecule is CCCCN(C)CC1CCCCC1O. The number of hydrogen-bond acceptors (Lipinski definition) is 2. The van der Waals surface area contributed by atoms with Crippen molar-refractivity contribution in [2.24, 2.45) is 5.92 Å². The van der Waals surface area contributed by atoms with E-state index in [0.717, 1.165) is 13.0 Å². The molecule has 0 aromatic rings. The molecule has 14 heavy (non-hydrogen) atoms. The summed E-state index contributed by atoms with van der Waals surface area (Å²) in [6.07, 6.45) is 7.27. The maximum absolute atomic E-state index is 9.82. The molecule has 0 bridgehead atoms. The molecule has 0 aromatic carbocycles. The first kappa shape index (κ1) is 12.0. The molecular weight excluding hydrogens is 174 g/mol. The number of rotatable bonds is 5. The smallest absolute Gasteiger partial charge is 0.0580 e. The van der Waals surface area contributed by atoms with Crippen LogP contribution >= 0.6 is 0 Å². The average Bonchev–Trinajstić information content (AvgIpc) is 2.18. The normalized spacial score (nSPS) is 28.3. The molecule has 0 spiro atoms. The van der Waals surface area contributed by atoms with Crippen LogP contribution in [0.15, 0.2) is 0 Å². The van der Waals surface area contributed by atoms with Gasteiger partial charge in [-0.25, -0.2) is 0 Å². The fourth-order valence-electron chi connectivity index (χ4n) is 2.32. The van der Waals surface area contributed by atoms with Crippen molar-refractivity contribution in [1.29, 1.82) is 0 Å². The number of aliphatic hydroxyl groups is 1.